The zero-order chi connectivity index (χ0) is 25.9. The van der Waals surface area contributed by atoms with Gasteiger partial charge in [0.2, 0.25) is 0 Å². The average Bonchev–Trinajstić information content (AvgIpc) is 3.02. The summed E-state index contributed by atoms with van der Waals surface area (Å²) in [6, 6.07) is 0. The standard InChI is InChI=1S/C28H42O7/c1-15(2)13-22(32)35-24-23-21(8-7-18-14-19(31)9-11-26(18,23)5)28(33)12-10-20(16(3)29)27(28,6)25(24)34-17(4)30/h7,15,19-21,23-25,31,33H,8-14H2,1-6H3/t19-,20+,21+,23+,24+,25+,26-,27-,28-/m0/s1. The van der Waals surface area contributed by atoms with Gasteiger partial charge in [-0.05, 0) is 62.7 Å². The second kappa shape index (κ2) is 8.98. The molecular formula is C28H42O7. The third-order valence-electron chi connectivity index (χ3n) is 9.93. The molecule has 0 aliphatic heterocycles. The van der Waals surface area contributed by atoms with E-state index in [0.29, 0.717) is 38.5 Å². The van der Waals surface area contributed by atoms with Crippen molar-refractivity contribution in [1.29, 1.82) is 0 Å². The molecule has 0 aromatic rings. The van der Waals surface area contributed by atoms with Crippen LogP contribution in [-0.4, -0.2) is 51.8 Å². The van der Waals surface area contributed by atoms with Gasteiger partial charge in [0.25, 0.3) is 0 Å². The summed E-state index contributed by atoms with van der Waals surface area (Å²) < 4.78 is 12.2. The van der Waals surface area contributed by atoms with Crippen LogP contribution in [0.25, 0.3) is 0 Å². The topological polar surface area (TPSA) is 110 Å². The van der Waals surface area contributed by atoms with Crippen molar-refractivity contribution < 1.29 is 34.1 Å². The van der Waals surface area contributed by atoms with Crippen LogP contribution in [0, 0.1) is 34.5 Å². The molecule has 4 rings (SSSR count). The van der Waals surface area contributed by atoms with Crippen molar-refractivity contribution in [2.24, 2.45) is 34.5 Å². The van der Waals surface area contributed by atoms with E-state index in [4.69, 9.17) is 9.47 Å². The minimum atomic E-state index is -1.25. The third kappa shape index (κ3) is 3.97. The van der Waals surface area contributed by atoms with E-state index in [-0.39, 0.29) is 35.9 Å². The number of carbonyl (C=O) groups is 3. The maximum Gasteiger partial charge on any atom is 0.306 e. The van der Waals surface area contributed by atoms with Crippen molar-refractivity contribution in [2.45, 2.75) is 110 Å². The number of Topliss-reactive ketones (excluding diaryl/α,β-unsaturated/α-hetero) is 1. The lowest BCUT2D eigenvalue weighted by molar-refractivity contribution is -0.274. The summed E-state index contributed by atoms with van der Waals surface area (Å²) in [6.45, 7) is 10.7. The van der Waals surface area contributed by atoms with Crippen LogP contribution in [0.15, 0.2) is 11.6 Å². The Labute approximate surface area is 208 Å². The zero-order valence-corrected chi connectivity index (χ0v) is 22.0. The van der Waals surface area contributed by atoms with Crippen molar-refractivity contribution >= 4 is 17.7 Å². The number of allylic oxidation sites excluding steroid dienone is 1. The molecule has 0 aromatic carbocycles. The van der Waals surface area contributed by atoms with E-state index in [1.54, 1.807) is 0 Å². The van der Waals surface area contributed by atoms with Crippen molar-refractivity contribution in [1.82, 2.24) is 0 Å². The molecule has 0 spiro atoms. The number of esters is 2. The van der Waals surface area contributed by atoms with Gasteiger partial charge < -0.3 is 19.7 Å². The molecule has 0 amide bonds. The first kappa shape index (κ1) is 26.3. The first-order chi connectivity index (χ1) is 16.3. The molecule has 0 bridgehead atoms. The summed E-state index contributed by atoms with van der Waals surface area (Å²) in [5.74, 6) is -1.89. The minimum Gasteiger partial charge on any atom is -0.458 e. The molecule has 4 aliphatic rings. The van der Waals surface area contributed by atoms with Crippen LogP contribution in [0.5, 0.6) is 0 Å². The summed E-state index contributed by atoms with van der Waals surface area (Å²) in [5.41, 5.74) is -1.63. The Morgan fingerprint density at radius 2 is 1.80 bits per heavy atom. The van der Waals surface area contributed by atoms with Gasteiger partial charge >= 0.3 is 11.9 Å². The predicted molar refractivity (Wildman–Crippen MR) is 129 cm³/mol. The summed E-state index contributed by atoms with van der Waals surface area (Å²) in [4.78, 5) is 38.4. The van der Waals surface area contributed by atoms with Crippen LogP contribution in [0.3, 0.4) is 0 Å². The van der Waals surface area contributed by atoms with Crippen LogP contribution in [0.1, 0.15) is 86.5 Å². The van der Waals surface area contributed by atoms with Gasteiger partial charge in [0, 0.05) is 30.6 Å². The smallest absolute Gasteiger partial charge is 0.306 e. The molecule has 0 radical (unpaired) electrons. The van der Waals surface area contributed by atoms with Gasteiger partial charge in [0.05, 0.1) is 11.7 Å². The SMILES string of the molecule is CC(=O)O[C@@H]1[C@H](OC(=O)CC(C)C)[C@H]2[C@@H](CC=C3C[C@@H](O)CC[C@@]32C)[C@@]2(O)CC[C@H](C(C)=O)[C@@]12C. The number of aliphatic hydroxyl groups excluding tert-OH is 1. The summed E-state index contributed by atoms with van der Waals surface area (Å²) >= 11 is 0. The van der Waals surface area contributed by atoms with Crippen LogP contribution in [0.4, 0.5) is 0 Å². The number of aliphatic hydroxyl groups is 2. The molecule has 7 heteroatoms. The largest absolute Gasteiger partial charge is 0.458 e. The number of carbonyl (C=O) groups excluding carboxylic acids is 3. The molecule has 4 aliphatic carbocycles. The van der Waals surface area contributed by atoms with Gasteiger partial charge in [-0.3, -0.25) is 14.4 Å². The molecule has 2 N–H and O–H groups in total. The van der Waals surface area contributed by atoms with Crippen molar-refractivity contribution in [3.05, 3.63) is 11.6 Å². The van der Waals surface area contributed by atoms with Crippen LogP contribution < -0.4 is 0 Å². The maximum atomic E-state index is 13.1. The summed E-state index contributed by atoms with van der Waals surface area (Å²) in [7, 11) is 0. The Hall–Kier alpha value is -1.73. The Kier molecular flexibility index (Phi) is 6.76. The van der Waals surface area contributed by atoms with Gasteiger partial charge in [-0.2, -0.15) is 0 Å². The van der Waals surface area contributed by atoms with Gasteiger partial charge in [-0.15, -0.1) is 0 Å². The van der Waals surface area contributed by atoms with Crippen LogP contribution >= 0.6 is 0 Å². The Morgan fingerprint density at radius 1 is 1.11 bits per heavy atom. The van der Waals surface area contributed by atoms with E-state index < -0.39 is 46.6 Å². The average molecular weight is 491 g/mol. The molecule has 35 heavy (non-hydrogen) atoms. The van der Waals surface area contributed by atoms with E-state index in [0.717, 1.165) is 5.57 Å². The van der Waals surface area contributed by atoms with E-state index in [1.807, 2.05) is 20.8 Å². The van der Waals surface area contributed by atoms with Crippen molar-refractivity contribution in [2.75, 3.05) is 0 Å². The lowest BCUT2D eigenvalue weighted by Crippen LogP contribution is -2.72. The highest BCUT2D eigenvalue weighted by Crippen LogP contribution is 2.69. The van der Waals surface area contributed by atoms with E-state index in [2.05, 4.69) is 13.0 Å². The number of ether oxygens (including phenoxy) is 2. The lowest BCUT2D eigenvalue weighted by atomic mass is 9.44. The highest BCUT2D eigenvalue weighted by atomic mass is 16.6. The Morgan fingerprint density at radius 3 is 2.40 bits per heavy atom. The number of hydrogen-bond donors (Lipinski definition) is 2. The molecule has 0 saturated heterocycles. The second-order valence-electron chi connectivity index (χ2n) is 12.4. The number of hydrogen-bond acceptors (Lipinski definition) is 7. The van der Waals surface area contributed by atoms with Gasteiger partial charge in [-0.25, -0.2) is 0 Å². The summed E-state index contributed by atoms with van der Waals surface area (Å²) in [6.07, 6.45) is 3.61. The van der Waals surface area contributed by atoms with Gasteiger partial charge in [-0.1, -0.05) is 39.3 Å². The first-order valence-corrected chi connectivity index (χ1v) is 13.2. The van der Waals surface area contributed by atoms with Crippen LogP contribution in [0.2, 0.25) is 0 Å². The lowest BCUT2D eigenvalue weighted by Gasteiger charge is -2.64. The van der Waals surface area contributed by atoms with Gasteiger partial charge in [0.15, 0.2) is 0 Å². The summed E-state index contributed by atoms with van der Waals surface area (Å²) in [5, 5.41) is 22.9. The highest BCUT2D eigenvalue weighted by Gasteiger charge is 2.75. The molecular weight excluding hydrogens is 448 g/mol. The molecule has 196 valence electrons. The molecule has 7 nitrogen and oxygen atoms in total. The van der Waals surface area contributed by atoms with Gasteiger partial charge in [0.1, 0.15) is 18.0 Å². The van der Waals surface area contributed by atoms with E-state index in [1.165, 1.54) is 13.8 Å². The fourth-order valence-corrected chi connectivity index (χ4v) is 8.31. The fraction of sp³-hybridized carbons (Fsp3) is 0.821. The molecule has 0 unspecified atom stereocenters. The molecule has 0 heterocycles. The minimum absolute atomic E-state index is 0.0506. The molecule has 9 atom stereocenters. The van der Waals surface area contributed by atoms with E-state index >= 15 is 0 Å². The Bertz CT molecular complexity index is 924. The third-order valence-corrected chi connectivity index (χ3v) is 9.93. The maximum absolute atomic E-state index is 13.1. The number of ketones is 1. The van der Waals surface area contributed by atoms with Crippen LogP contribution in [-0.2, 0) is 23.9 Å². The first-order valence-electron chi connectivity index (χ1n) is 13.2. The second-order valence-corrected chi connectivity index (χ2v) is 12.4. The number of rotatable bonds is 5. The fourth-order valence-electron chi connectivity index (χ4n) is 8.31. The highest BCUT2D eigenvalue weighted by molar-refractivity contribution is 5.80. The normalized spacial score (nSPS) is 44.5. The monoisotopic (exact) mass is 490 g/mol. The Balaban J connectivity index is 1.90. The van der Waals surface area contributed by atoms with E-state index in [9.17, 15) is 24.6 Å². The number of fused-ring (bicyclic) bond motifs is 5. The predicted octanol–water partition coefficient (Wildman–Crippen LogP) is 3.74. The van der Waals surface area contributed by atoms with Crippen molar-refractivity contribution in [3.63, 3.8) is 0 Å². The molecule has 3 fully saturated rings. The quantitative estimate of drug-likeness (QED) is 0.446. The van der Waals surface area contributed by atoms with Crippen molar-refractivity contribution in [3.8, 4) is 0 Å². The molecule has 0 aromatic heterocycles. The zero-order valence-electron chi connectivity index (χ0n) is 22.0. The molecule has 3 saturated carbocycles.